The summed E-state index contributed by atoms with van der Waals surface area (Å²) in [6.45, 7) is -0.631. The van der Waals surface area contributed by atoms with E-state index in [0.717, 1.165) is 26.3 Å². The molecule has 4 unspecified atom stereocenters. The Morgan fingerprint density at radius 2 is 1.80 bits per heavy atom. The third-order valence-corrected chi connectivity index (χ3v) is 6.33. The molecule has 0 saturated carbocycles. The zero-order valence-corrected chi connectivity index (χ0v) is 17.1. The van der Waals surface area contributed by atoms with Gasteiger partial charge in [0.1, 0.15) is 29.8 Å². The van der Waals surface area contributed by atoms with Crippen LogP contribution in [0.3, 0.4) is 0 Å². The van der Waals surface area contributed by atoms with Crippen LogP contribution in [0.4, 0.5) is 4.39 Å². The predicted molar refractivity (Wildman–Crippen MR) is 111 cm³/mol. The smallest absolute Gasteiger partial charge is 0.229 e. The SMILES string of the molecule is COc1ccc(Cc2sc3ccccc3c2OC2OC(CO)[C@H](F)C(O)C2O)cc1. The number of methoxy groups -OCH3 is 1. The molecular weight excluding hydrogens is 411 g/mol. The van der Waals surface area contributed by atoms with Gasteiger partial charge in [-0.25, -0.2) is 4.39 Å². The Labute approximate surface area is 177 Å². The second-order valence-corrected chi connectivity index (χ2v) is 8.28. The van der Waals surface area contributed by atoms with E-state index >= 15 is 0 Å². The fourth-order valence-corrected chi connectivity index (χ4v) is 4.67. The van der Waals surface area contributed by atoms with Gasteiger partial charge in [-0.1, -0.05) is 24.3 Å². The Morgan fingerprint density at radius 3 is 2.50 bits per heavy atom. The molecule has 2 aromatic carbocycles. The number of ether oxygens (including phenoxy) is 3. The quantitative estimate of drug-likeness (QED) is 0.553. The van der Waals surface area contributed by atoms with Gasteiger partial charge in [0.2, 0.25) is 6.29 Å². The van der Waals surface area contributed by atoms with Gasteiger partial charge < -0.3 is 29.5 Å². The number of hydrogen-bond acceptors (Lipinski definition) is 7. The first kappa shape index (κ1) is 21.0. The van der Waals surface area contributed by atoms with Crippen LogP contribution in [0.5, 0.6) is 11.5 Å². The average Bonchev–Trinajstić information content (AvgIpc) is 3.11. The van der Waals surface area contributed by atoms with E-state index in [4.69, 9.17) is 14.2 Å². The molecule has 3 N–H and O–H groups in total. The Hall–Kier alpha value is -2.23. The summed E-state index contributed by atoms with van der Waals surface area (Å²) < 4.78 is 31.7. The minimum absolute atomic E-state index is 0.511. The van der Waals surface area contributed by atoms with Crippen molar-refractivity contribution in [1.82, 2.24) is 0 Å². The fourth-order valence-electron chi connectivity index (χ4n) is 3.50. The van der Waals surface area contributed by atoms with Gasteiger partial charge in [0.25, 0.3) is 0 Å². The van der Waals surface area contributed by atoms with Crippen molar-refractivity contribution < 1.29 is 33.9 Å². The minimum atomic E-state index is -1.90. The number of halogens is 1. The van der Waals surface area contributed by atoms with Gasteiger partial charge in [-0.15, -0.1) is 11.3 Å². The standard InChI is InChI=1S/C22H23FO6S/c1-27-13-8-6-12(7-9-13)10-17-21(14-4-2-3-5-16(14)30-17)29-22-20(26)19(25)18(23)15(11-24)28-22/h2-9,15,18-20,22,24-26H,10-11H2,1H3/t15?,18-,19?,20?,22?/m0/s1. The molecule has 1 aromatic heterocycles. The highest BCUT2D eigenvalue weighted by Crippen LogP contribution is 2.41. The van der Waals surface area contributed by atoms with Crippen molar-refractivity contribution in [2.75, 3.05) is 13.7 Å². The maximum atomic E-state index is 14.1. The van der Waals surface area contributed by atoms with E-state index in [1.54, 1.807) is 18.4 Å². The molecule has 3 aromatic rings. The maximum absolute atomic E-state index is 14.1. The molecule has 1 aliphatic rings. The Kier molecular flexibility index (Phi) is 6.21. The Balaban J connectivity index is 1.66. The zero-order valence-electron chi connectivity index (χ0n) is 16.3. The first-order chi connectivity index (χ1) is 14.5. The van der Waals surface area contributed by atoms with Crippen molar-refractivity contribution in [2.45, 2.75) is 37.2 Å². The van der Waals surface area contributed by atoms with Gasteiger partial charge in [-0.2, -0.15) is 0 Å². The third kappa shape index (κ3) is 4.01. The summed E-state index contributed by atoms with van der Waals surface area (Å²) in [5.41, 5.74) is 1.04. The molecule has 30 heavy (non-hydrogen) atoms. The molecule has 0 amide bonds. The number of hydrogen-bond donors (Lipinski definition) is 3. The summed E-state index contributed by atoms with van der Waals surface area (Å²) in [7, 11) is 1.61. The molecule has 6 nitrogen and oxygen atoms in total. The summed E-state index contributed by atoms with van der Waals surface area (Å²) in [5.74, 6) is 1.27. The zero-order chi connectivity index (χ0) is 21.3. The van der Waals surface area contributed by atoms with Crippen LogP contribution in [-0.2, 0) is 11.2 Å². The number of fused-ring (bicyclic) bond motifs is 1. The highest BCUT2D eigenvalue weighted by Gasteiger charge is 2.46. The lowest BCUT2D eigenvalue weighted by Gasteiger charge is -2.38. The van der Waals surface area contributed by atoms with E-state index in [2.05, 4.69) is 0 Å². The summed E-state index contributed by atoms with van der Waals surface area (Å²) in [6, 6.07) is 15.3. The van der Waals surface area contributed by atoms with Crippen LogP contribution >= 0.6 is 11.3 Å². The molecule has 0 bridgehead atoms. The van der Waals surface area contributed by atoms with Crippen LogP contribution in [0.1, 0.15) is 10.4 Å². The molecule has 4 rings (SSSR count). The van der Waals surface area contributed by atoms with Gasteiger partial charge in [0, 0.05) is 16.5 Å². The largest absolute Gasteiger partial charge is 0.497 e. The van der Waals surface area contributed by atoms with Crippen molar-refractivity contribution in [3.8, 4) is 11.5 Å². The Bertz CT molecular complexity index is 989. The normalized spacial score (nSPS) is 26.6. The highest BCUT2D eigenvalue weighted by atomic mass is 32.1. The first-order valence-corrected chi connectivity index (χ1v) is 10.4. The first-order valence-electron chi connectivity index (χ1n) is 9.58. The maximum Gasteiger partial charge on any atom is 0.229 e. The van der Waals surface area contributed by atoms with Gasteiger partial charge in [0.05, 0.1) is 18.6 Å². The van der Waals surface area contributed by atoms with Crippen molar-refractivity contribution >= 4 is 21.4 Å². The lowest BCUT2D eigenvalue weighted by atomic mass is 10.0. The van der Waals surface area contributed by atoms with Crippen LogP contribution in [0, 0.1) is 0 Å². The second kappa shape index (κ2) is 8.87. The molecular formula is C22H23FO6S. The van der Waals surface area contributed by atoms with Crippen LogP contribution in [0.15, 0.2) is 48.5 Å². The van der Waals surface area contributed by atoms with Crippen molar-refractivity contribution in [3.63, 3.8) is 0 Å². The van der Waals surface area contributed by atoms with Crippen LogP contribution in [0.25, 0.3) is 10.1 Å². The number of benzene rings is 2. The molecule has 2 heterocycles. The van der Waals surface area contributed by atoms with Crippen LogP contribution in [-0.4, -0.2) is 59.8 Å². The molecule has 0 aliphatic carbocycles. The number of thiophene rings is 1. The highest BCUT2D eigenvalue weighted by molar-refractivity contribution is 7.19. The topological polar surface area (TPSA) is 88.4 Å². The van der Waals surface area contributed by atoms with Gasteiger partial charge >= 0.3 is 0 Å². The van der Waals surface area contributed by atoms with E-state index in [1.165, 1.54) is 0 Å². The number of rotatable bonds is 6. The summed E-state index contributed by atoms with van der Waals surface area (Å²) >= 11 is 1.55. The van der Waals surface area contributed by atoms with Crippen molar-refractivity contribution in [2.24, 2.45) is 0 Å². The molecule has 0 spiro atoms. The van der Waals surface area contributed by atoms with Gasteiger partial charge in [-0.3, -0.25) is 0 Å². The van der Waals surface area contributed by atoms with E-state index in [1.807, 2.05) is 48.5 Å². The number of alkyl halides is 1. The molecule has 160 valence electrons. The lowest BCUT2D eigenvalue weighted by Crippen LogP contribution is -2.58. The third-order valence-electron chi connectivity index (χ3n) is 5.17. The lowest BCUT2D eigenvalue weighted by molar-refractivity contribution is -0.264. The molecule has 0 radical (unpaired) electrons. The molecule has 5 atom stereocenters. The minimum Gasteiger partial charge on any atom is -0.497 e. The van der Waals surface area contributed by atoms with Crippen molar-refractivity contribution in [1.29, 1.82) is 0 Å². The predicted octanol–water partition coefficient (Wildman–Crippen LogP) is 2.66. The average molecular weight is 434 g/mol. The fraction of sp³-hybridized carbons (Fsp3) is 0.364. The number of aliphatic hydroxyl groups is 3. The molecule has 8 heteroatoms. The monoisotopic (exact) mass is 434 g/mol. The van der Waals surface area contributed by atoms with Crippen molar-refractivity contribution in [3.05, 3.63) is 59.0 Å². The van der Waals surface area contributed by atoms with Gasteiger partial charge in [0.15, 0.2) is 6.17 Å². The molecule has 1 saturated heterocycles. The summed E-state index contributed by atoms with van der Waals surface area (Å²) in [6.07, 6.45) is -7.21. The van der Waals surface area contributed by atoms with Crippen LogP contribution in [0.2, 0.25) is 0 Å². The summed E-state index contributed by atoms with van der Waals surface area (Å²) in [5, 5.41) is 30.5. The Morgan fingerprint density at radius 1 is 1.07 bits per heavy atom. The molecule has 1 aliphatic heterocycles. The van der Waals surface area contributed by atoms with E-state index in [-0.39, 0.29) is 0 Å². The number of aliphatic hydroxyl groups excluding tert-OH is 3. The molecule has 1 fully saturated rings. The van der Waals surface area contributed by atoms with E-state index in [0.29, 0.717) is 12.2 Å². The van der Waals surface area contributed by atoms with Crippen LogP contribution < -0.4 is 9.47 Å². The van der Waals surface area contributed by atoms with Gasteiger partial charge in [-0.05, 0) is 29.8 Å². The van der Waals surface area contributed by atoms with E-state index < -0.39 is 37.4 Å². The summed E-state index contributed by atoms with van der Waals surface area (Å²) in [4.78, 5) is 0.898. The second-order valence-electron chi connectivity index (χ2n) is 7.14. The van der Waals surface area contributed by atoms with E-state index in [9.17, 15) is 19.7 Å².